The van der Waals surface area contributed by atoms with Crippen molar-refractivity contribution in [2.45, 2.75) is 32.2 Å². The van der Waals surface area contributed by atoms with E-state index >= 15 is 0 Å². The van der Waals surface area contributed by atoms with Gasteiger partial charge < -0.3 is 5.32 Å². The molecular formula is C12H15ClIN. The van der Waals surface area contributed by atoms with Crippen molar-refractivity contribution in [3.8, 4) is 0 Å². The fourth-order valence-electron chi connectivity index (χ4n) is 2.16. The summed E-state index contributed by atoms with van der Waals surface area (Å²) in [6.07, 6.45) is 3.93. The van der Waals surface area contributed by atoms with E-state index < -0.39 is 0 Å². The molecule has 1 fully saturated rings. The van der Waals surface area contributed by atoms with Crippen LogP contribution in [0.3, 0.4) is 0 Å². The summed E-state index contributed by atoms with van der Waals surface area (Å²) in [6, 6.07) is 6.68. The number of rotatable bonds is 2. The van der Waals surface area contributed by atoms with Gasteiger partial charge >= 0.3 is 0 Å². The average molecular weight is 336 g/mol. The Morgan fingerprint density at radius 3 is 2.80 bits per heavy atom. The van der Waals surface area contributed by atoms with Crippen LogP contribution < -0.4 is 5.32 Å². The van der Waals surface area contributed by atoms with Crippen LogP contribution in [-0.4, -0.2) is 6.04 Å². The molecule has 82 valence electrons. The minimum Gasteiger partial charge on any atom is -0.381 e. The zero-order chi connectivity index (χ0) is 10.8. The highest BCUT2D eigenvalue weighted by molar-refractivity contribution is 14.1. The molecule has 0 amide bonds. The lowest BCUT2D eigenvalue weighted by Crippen LogP contribution is -2.15. The Kier molecular flexibility index (Phi) is 3.78. The van der Waals surface area contributed by atoms with Gasteiger partial charge in [0.25, 0.3) is 0 Å². The van der Waals surface area contributed by atoms with Crippen LogP contribution in [0, 0.1) is 9.49 Å². The first-order valence-corrected chi connectivity index (χ1v) is 6.82. The van der Waals surface area contributed by atoms with Crippen molar-refractivity contribution in [1.29, 1.82) is 0 Å². The molecular weight excluding hydrogens is 320 g/mol. The van der Waals surface area contributed by atoms with Crippen LogP contribution in [0.25, 0.3) is 0 Å². The van der Waals surface area contributed by atoms with Gasteiger partial charge in [0.1, 0.15) is 0 Å². The molecule has 1 aromatic carbocycles. The largest absolute Gasteiger partial charge is 0.381 e. The van der Waals surface area contributed by atoms with E-state index in [1.807, 2.05) is 12.1 Å². The number of benzene rings is 1. The molecule has 15 heavy (non-hydrogen) atoms. The molecule has 1 N–H and O–H groups in total. The second-order valence-electron chi connectivity index (χ2n) is 4.38. The van der Waals surface area contributed by atoms with E-state index in [4.69, 9.17) is 11.6 Å². The van der Waals surface area contributed by atoms with Crippen LogP contribution in [-0.2, 0) is 0 Å². The summed E-state index contributed by atoms with van der Waals surface area (Å²) in [4.78, 5) is 0. The minimum atomic E-state index is 0.648. The Morgan fingerprint density at radius 1 is 1.40 bits per heavy atom. The molecule has 2 rings (SSSR count). The lowest BCUT2D eigenvalue weighted by Gasteiger charge is -2.15. The number of nitrogens with one attached hydrogen (secondary N) is 1. The first-order valence-electron chi connectivity index (χ1n) is 5.37. The van der Waals surface area contributed by atoms with Crippen molar-refractivity contribution in [3.05, 3.63) is 26.8 Å². The highest BCUT2D eigenvalue weighted by Crippen LogP contribution is 2.30. The summed E-state index contributed by atoms with van der Waals surface area (Å²) in [5, 5.41) is 4.41. The van der Waals surface area contributed by atoms with Crippen LogP contribution in [0.15, 0.2) is 18.2 Å². The second kappa shape index (κ2) is 4.91. The van der Waals surface area contributed by atoms with Crippen LogP contribution in [0.5, 0.6) is 0 Å². The normalized spacial score (nSPS) is 25.5. The molecule has 2 atom stereocenters. The highest BCUT2D eigenvalue weighted by Gasteiger charge is 2.21. The molecule has 1 aliphatic carbocycles. The van der Waals surface area contributed by atoms with Crippen molar-refractivity contribution in [3.63, 3.8) is 0 Å². The highest BCUT2D eigenvalue weighted by atomic mass is 127. The topological polar surface area (TPSA) is 12.0 Å². The second-order valence-corrected chi connectivity index (χ2v) is 5.98. The summed E-state index contributed by atoms with van der Waals surface area (Å²) >= 11 is 8.25. The molecule has 0 radical (unpaired) electrons. The van der Waals surface area contributed by atoms with Gasteiger partial charge in [0, 0.05) is 20.3 Å². The van der Waals surface area contributed by atoms with Gasteiger partial charge in [-0.05, 0) is 66.0 Å². The third-order valence-electron chi connectivity index (χ3n) is 2.99. The maximum Gasteiger partial charge on any atom is 0.0479 e. The summed E-state index contributed by atoms with van der Waals surface area (Å²) in [5.74, 6) is 0.868. The molecule has 2 unspecified atom stereocenters. The Balaban J connectivity index is 2.04. The van der Waals surface area contributed by atoms with Gasteiger partial charge in [-0.3, -0.25) is 0 Å². The molecule has 0 bridgehead atoms. The molecule has 0 aliphatic heterocycles. The van der Waals surface area contributed by atoms with E-state index in [-0.39, 0.29) is 0 Å². The lowest BCUT2D eigenvalue weighted by molar-refractivity contribution is 0.602. The first kappa shape index (κ1) is 11.5. The summed E-state index contributed by atoms with van der Waals surface area (Å²) in [7, 11) is 0. The maximum atomic E-state index is 5.92. The van der Waals surface area contributed by atoms with Crippen molar-refractivity contribution in [2.24, 2.45) is 5.92 Å². The molecule has 1 aliphatic rings. The van der Waals surface area contributed by atoms with Gasteiger partial charge in [0.05, 0.1) is 0 Å². The van der Waals surface area contributed by atoms with Crippen LogP contribution in [0.1, 0.15) is 26.2 Å². The molecule has 0 aromatic heterocycles. The Bertz CT molecular complexity index is 353. The van der Waals surface area contributed by atoms with Gasteiger partial charge in [0.2, 0.25) is 0 Å². The van der Waals surface area contributed by atoms with Gasteiger partial charge in [-0.25, -0.2) is 0 Å². The Morgan fingerprint density at radius 2 is 2.20 bits per heavy atom. The smallest absolute Gasteiger partial charge is 0.0479 e. The van der Waals surface area contributed by atoms with Crippen LogP contribution >= 0.6 is 34.2 Å². The lowest BCUT2D eigenvalue weighted by atomic mass is 10.1. The van der Waals surface area contributed by atoms with E-state index in [9.17, 15) is 0 Å². The third kappa shape index (κ3) is 3.00. The summed E-state index contributed by atoms with van der Waals surface area (Å²) in [6.45, 7) is 2.33. The zero-order valence-electron chi connectivity index (χ0n) is 8.76. The number of anilines is 1. The van der Waals surface area contributed by atoms with Crippen molar-refractivity contribution in [2.75, 3.05) is 5.32 Å². The van der Waals surface area contributed by atoms with E-state index in [0.29, 0.717) is 6.04 Å². The summed E-state index contributed by atoms with van der Waals surface area (Å²) in [5.41, 5.74) is 1.22. The molecule has 1 nitrogen and oxygen atoms in total. The zero-order valence-corrected chi connectivity index (χ0v) is 11.7. The molecule has 0 spiro atoms. The third-order valence-corrected chi connectivity index (χ3v) is 4.11. The molecule has 1 aromatic rings. The average Bonchev–Trinajstić information content (AvgIpc) is 2.56. The van der Waals surface area contributed by atoms with Crippen molar-refractivity contribution < 1.29 is 0 Å². The standard InChI is InChI=1S/C12H15ClIN/c1-8-2-4-10(6-8)15-12-5-3-9(13)7-11(12)14/h3,5,7-8,10,15H,2,4,6H2,1H3. The van der Waals surface area contributed by atoms with Gasteiger partial charge in [-0.15, -0.1) is 0 Å². The van der Waals surface area contributed by atoms with Gasteiger partial charge in [0.15, 0.2) is 0 Å². The van der Waals surface area contributed by atoms with E-state index in [1.165, 1.54) is 28.5 Å². The van der Waals surface area contributed by atoms with E-state index in [1.54, 1.807) is 0 Å². The van der Waals surface area contributed by atoms with Crippen molar-refractivity contribution in [1.82, 2.24) is 0 Å². The molecule has 0 saturated heterocycles. The number of hydrogen-bond donors (Lipinski definition) is 1. The Labute approximate surface area is 110 Å². The maximum absolute atomic E-state index is 5.92. The van der Waals surface area contributed by atoms with Gasteiger partial charge in [-0.2, -0.15) is 0 Å². The molecule has 3 heteroatoms. The predicted molar refractivity (Wildman–Crippen MR) is 74.6 cm³/mol. The Hall–Kier alpha value is 0.0400. The minimum absolute atomic E-state index is 0.648. The SMILES string of the molecule is CC1CCC(Nc2ccc(Cl)cc2I)C1. The predicted octanol–water partition coefficient (Wildman–Crippen LogP) is 4.55. The van der Waals surface area contributed by atoms with Gasteiger partial charge in [-0.1, -0.05) is 18.5 Å². The first-order chi connectivity index (χ1) is 7.15. The monoisotopic (exact) mass is 335 g/mol. The van der Waals surface area contributed by atoms with Crippen molar-refractivity contribution >= 4 is 39.9 Å². The molecule has 0 heterocycles. The summed E-state index contributed by atoms with van der Waals surface area (Å²) < 4.78 is 1.21. The fourth-order valence-corrected chi connectivity index (χ4v) is 3.19. The number of halogens is 2. The fraction of sp³-hybridized carbons (Fsp3) is 0.500. The van der Waals surface area contributed by atoms with Crippen LogP contribution in [0.2, 0.25) is 5.02 Å². The number of hydrogen-bond acceptors (Lipinski definition) is 1. The van der Waals surface area contributed by atoms with E-state index in [0.717, 1.165) is 10.9 Å². The quantitative estimate of drug-likeness (QED) is 0.782. The molecule has 1 saturated carbocycles. The van der Waals surface area contributed by atoms with E-state index in [2.05, 4.69) is 40.9 Å². The van der Waals surface area contributed by atoms with Crippen LogP contribution in [0.4, 0.5) is 5.69 Å².